The summed E-state index contributed by atoms with van der Waals surface area (Å²) in [4.78, 5) is 12.3. The molecule has 5 nitrogen and oxygen atoms in total. The van der Waals surface area contributed by atoms with Gasteiger partial charge in [-0.15, -0.1) is 6.58 Å². The Morgan fingerprint density at radius 2 is 2.19 bits per heavy atom. The zero-order chi connectivity index (χ0) is 11.5. The predicted molar refractivity (Wildman–Crippen MR) is 65.4 cm³/mol. The monoisotopic (exact) mass is 235 g/mol. The molecule has 6 heteroatoms. The van der Waals surface area contributed by atoms with Crippen molar-refractivity contribution in [2.75, 3.05) is 17.6 Å². The van der Waals surface area contributed by atoms with E-state index in [9.17, 15) is 0 Å². The zero-order valence-electron chi connectivity index (χ0n) is 8.44. The number of halogens is 1. The average molecular weight is 236 g/mol. The first-order chi connectivity index (χ1) is 7.70. The number of hydrogen-bond donors (Lipinski definition) is 2. The summed E-state index contributed by atoms with van der Waals surface area (Å²) < 4.78 is 0. The van der Waals surface area contributed by atoms with Gasteiger partial charge in [0.2, 0.25) is 5.95 Å². The van der Waals surface area contributed by atoms with Crippen LogP contribution in [0.15, 0.2) is 24.8 Å². The molecule has 0 atom stereocenters. The molecule has 0 bridgehead atoms. The molecule has 16 heavy (non-hydrogen) atoms. The molecule has 0 radical (unpaired) electrons. The highest BCUT2D eigenvalue weighted by Gasteiger charge is 2.07. The van der Waals surface area contributed by atoms with Gasteiger partial charge in [-0.1, -0.05) is 17.7 Å². The van der Waals surface area contributed by atoms with E-state index in [1.165, 1.54) is 0 Å². The number of nitrogens with one attached hydrogen (secondary N) is 1. The van der Waals surface area contributed by atoms with Gasteiger partial charge in [0.05, 0.1) is 5.52 Å². The SMILES string of the molecule is C=CCNc1nc(N)nc2ccc(Cl)nc12. The number of anilines is 2. The maximum atomic E-state index is 5.82. The number of rotatable bonds is 3. The highest BCUT2D eigenvalue weighted by Crippen LogP contribution is 2.20. The molecule has 2 aromatic rings. The molecule has 2 rings (SSSR count). The van der Waals surface area contributed by atoms with E-state index in [4.69, 9.17) is 17.3 Å². The van der Waals surface area contributed by atoms with E-state index in [2.05, 4.69) is 26.8 Å². The molecule has 0 fully saturated rings. The van der Waals surface area contributed by atoms with Crippen LogP contribution in [0.3, 0.4) is 0 Å². The Hall–Kier alpha value is -1.88. The summed E-state index contributed by atoms with van der Waals surface area (Å²) in [5.74, 6) is 0.757. The molecule has 2 aromatic heterocycles. The number of nitrogen functional groups attached to an aromatic ring is 1. The van der Waals surface area contributed by atoms with E-state index < -0.39 is 0 Å². The summed E-state index contributed by atoms with van der Waals surface area (Å²) in [5.41, 5.74) is 6.84. The number of fused-ring (bicyclic) bond motifs is 1. The van der Waals surface area contributed by atoms with Crippen LogP contribution >= 0.6 is 11.6 Å². The number of nitrogens with two attached hydrogens (primary N) is 1. The van der Waals surface area contributed by atoms with E-state index in [1.807, 2.05) is 0 Å². The second-order valence-electron chi connectivity index (χ2n) is 3.10. The first kappa shape index (κ1) is 10.6. The maximum Gasteiger partial charge on any atom is 0.222 e. The minimum Gasteiger partial charge on any atom is -0.368 e. The normalized spacial score (nSPS) is 10.3. The lowest BCUT2D eigenvalue weighted by Gasteiger charge is -2.06. The smallest absolute Gasteiger partial charge is 0.222 e. The second-order valence-corrected chi connectivity index (χ2v) is 3.49. The number of pyridine rings is 1. The number of nitrogens with zero attached hydrogens (tertiary/aromatic N) is 3. The summed E-state index contributed by atoms with van der Waals surface area (Å²) >= 11 is 5.82. The molecule has 0 aliphatic rings. The van der Waals surface area contributed by atoms with E-state index >= 15 is 0 Å². The van der Waals surface area contributed by atoms with Crippen LogP contribution in [-0.2, 0) is 0 Å². The van der Waals surface area contributed by atoms with Crippen molar-refractivity contribution in [2.45, 2.75) is 0 Å². The van der Waals surface area contributed by atoms with Gasteiger partial charge in [0, 0.05) is 6.54 Å². The largest absolute Gasteiger partial charge is 0.368 e. The predicted octanol–water partition coefficient (Wildman–Crippen LogP) is 1.86. The third-order valence-electron chi connectivity index (χ3n) is 1.94. The molecule has 0 aromatic carbocycles. The molecule has 0 unspecified atom stereocenters. The average Bonchev–Trinajstić information content (AvgIpc) is 2.26. The first-order valence-electron chi connectivity index (χ1n) is 4.65. The van der Waals surface area contributed by atoms with Crippen molar-refractivity contribution in [2.24, 2.45) is 0 Å². The number of hydrogen-bond acceptors (Lipinski definition) is 5. The summed E-state index contributed by atoms with van der Waals surface area (Å²) in [5, 5.41) is 3.43. The van der Waals surface area contributed by atoms with Crippen molar-refractivity contribution >= 4 is 34.4 Å². The molecule has 0 aliphatic carbocycles. The Balaban J connectivity index is 2.59. The molecular formula is C10H10ClN5. The van der Waals surface area contributed by atoms with E-state index in [1.54, 1.807) is 18.2 Å². The van der Waals surface area contributed by atoms with Crippen LogP contribution in [0.25, 0.3) is 11.0 Å². The van der Waals surface area contributed by atoms with Crippen molar-refractivity contribution in [3.05, 3.63) is 29.9 Å². The van der Waals surface area contributed by atoms with Gasteiger partial charge in [-0.05, 0) is 12.1 Å². The fourth-order valence-corrected chi connectivity index (χ4v) is 1.45. The quantitative estimate of drug-likeness (QED) is 0.627. The van der Waals surface area contributed by atoms with E-state index in [-0.39, 0.29) is 5.95 Å². The van der Waals surface area contributed by atoms with Crippen LogP contribution in [0.5, 0.6) is 0 Å². The maximum absolute atomic E-state index is 5.82. The molecule has 0 saturated heterocycles. The fourth-order valence-electron chi connectivity index (χ4n) is 1.30. The third-order valence-corrected chi connectivity index (χ3v) is 2.15. The van der Waals surface area contributed by atoms with Crippen LogP contribution in [0.4, 0.5) is 11.8 Å². The van der Waals surface area contributed by atoms with Gasteiger partial charge in [0.25, 0.3) is 0 Å². The first-order valence-corrected chi connectivity index (χ1v) is 5.03. The van der Waals surface area contributed by atoms with Gasteiger partial charge < -0.3 is 11.1 Å². The minimum atomic E-state index is 0.197. The van der Waals surface area contributed by atoms with Crippen LogP contribution in [0.2, 0.25) is 5.15 Å². The Morgan fingerprint density at radius 3 is 2.94 bits per heavy atom. The molecule has 0 spiro atoms. The van der Waals surface area contributed by atoms with Crippen molar-refractivity contribution < 1.29 is 0 Å². The Morgan fingerprint density at radius 1 is 1.38 bits per heavy atom. The van der Waals surface area contributed by atoms with E-state index in [0.29, 0.717) is 28.5 Å². The van der Waals surface area contributed by atoms with Crippen LogP contribution < -0.4 is 11.1 Å². The highest BCUT2D eigenvalue weighted by atomic mass is 35.5. The fraction of sp³-hybridized carbons (Fsp3) is 0.100. The van der Waals surface area contributed by atoms with Gasteiger partial charge in [-0.25, -0.2) is 9.97 Å². The van der Waals surface area contributed by atoms with Crippen molar-refractivity contribution in [3.63, 3.8) is 0 Å². The number of aromatic nitrogens is 3. The van der Waals surface area contributed by atoms with Crippen molar-refractivity contribution in [1.82, 2.24) is 15.0 Å². The lowest BCUT2D eigenvalue weighted by atomic mass is 10.3. The van der Waals surface area contributed by atoms with Gasteiger partial charge >= 0.3 is 0 Å². The van der Waals surface area contributed by atoms with Crippen LogP contribution in [0, 0.1) is 0 Å². The summed E-state index contributed by atoms with van der Waals surface area (Å²) in [6.07, 6.45) is 1.72. The van der Waals surface area contributed by atoms with Crippen LogP contribution in [-0.4, -0.2) is 21.5 Å². The summed E-state index contributed by atoms with van der Waals surface area (Å²) in [6, 6.07) is 3.41. The highest BCUT2D eigenvalue weighted by molar-refractivity contribution is 6.29. The standard InChI is InChI=1S/C10H10ClN5/c1-2-5-13-9-8-6(14-10(12)16-9)3-4-7(11)15-8/h2-4H,1,5H2,(H3,12,13,14,16). The topological polar surface area (TPSA) is 76.7 Å². The molecule has 2 heterocycles. The molecular weight excluding hydrogens is 226 g/mol. The zero-order valence-corrected chi connectivity index (χ0v) is 9.20. The third kappa shape index (κ3) is 2.04. The second kappa shape index (κ2) is 4.32. The van der Waals surface area contributed by atoms with Gasteiger partial charge in [0.1, 0.15) is 10.7 Å². The molecule has 3 N–H and O–H groups in total. The Labute approximate surface area is 97.4 Å². The van der Waals surface area contributed by atoms with Crippen molar-refractivity contribution in [3.8, 4) is 0 Å². The lowest BCUT2D eigenvalue weighted by molar-refractivity contribution is 1.18. The Kier molecular flexibility index (Phi) is 2.87. The van der Waals surface area contributed by atoms with Crippen LogP contribution in [0.1, 0.15) is 0 Å². The summed E-state index contributed by atoms with van der Waals surface area (Å²) in [7, 11) is 0. The summed E-state index contributed by atoms with van der Waals surface area (Å²) in [6.45, 7) is 4.18. The van der Waals surface area contributed by atoms with Gasteiger partial charge in [-0.3, -0.25) is 0 Å². The molecule has 0 amide bonds. The van der Waals surface area contributed by atoms with Gasteiger partial charge in [-0.2, -0.15) is 4.98 Å². The molecule has 0 saturated carbocycles. The minimum absolute atomic E-state index is 0.197. The Bertz CT molecular complexity index is 540. The molecule has 82 valence electrons. The van der Waals surface area contributed by atoms with Gasteiger partial charge in [0.15, 0.2) is 5.82 Å². The molecule has 0 aliphatic heterocycles. The lowest BCUT2D eigenvalue weighted by Crippen LogP contribution is -2.05. The van der Waals surface area contributed by atoms with E-state index in [0.717, 1.165) is 0 Å². The van der Waals surface area contributed by atoms with Crippen molar-refractivity contribution in [1.29, 1.82) is 0 Å².